The van der Waals surface area contributed by atoms with Crippen molar-refractivity contribution in [2.24, 2.45) is 0 Å². The van der Waals surface area contributed by atoms with E-state index in [4.69, 9.17) is 16.3 Å². The average molecular weight is 558 g/mol. The number of hydrogen-bond acceptors (Lipinski definition) is 6. The van der Waals surface area contributed by atoms with Crippen molar-refractivity contribution in [3.05, 3.63) is 51.8 Å². The number of hydrogen-bond donors (Lipinski definition) is 2. The first-order valence-corrected chi connectivity index (χ1v) is 12.0. The maximum atomic E-state index is 15.3. The molecule has 4 amide bonds. The highest BCUT2D eigenvalue weighted by molar-refractivity contribution is 6.32. The number of imide groups is 1. The van der Waals surface area contributed by atoms with Crippen molar-refractivity contribution < 1.29 is 41.5 Å². The lowest BCUT2D eigenvalue weighted by atomic mass is 9.86. The van der Waals surface area contributed by atoms with Crippen LogP contribution in [0.3, 0.4) is 0 Å². The Hall–Kier alpha value is -3.68. The number of piperidine rings is 1. The highest BCUT2D eigenvalue weighted by Crippen LogP contribution is 2.38. The van der Waals surface area contributed by atoms with E-state index in [0.717, 1.165) is 15.7 Å². The Morgan fingerprint density at radius 3 is 2.68 bits per heavy atom. The molecule has 10 nitrogen and oxygen atoms in total. The van der Waals surface area contributed by atoms with Crippen molar-refractivity contribution in [2.45, 2.75) is 63.1 Å². The number of alkyl carbamates (subject to hydrolysis) is 1. The molecule has 202 valence electrons. The summed E-state index contributed by atoms with van der Waals surface area (Å²) in [6.45, 7) is -0.681. The fourth-order valence-electron chi connectivity index (χ4n) is 4.93. The predicted octanol–water partition coefficient (Wildman–Crippen LogP) is 3.09. The van der Waals surface area contributed by atoms with E-state index in [1.165, 1.54) is 12.3 Å². The smallest absolute Gasteiger partial charge is 0.445 e. The summed E-state index contributed by atoms with van der Waals surface area (Å²) < 4.78 is 60.4. The van der Waals surface area contributed by atoms with Gasteiger partial charge in [0.05, 0.1) is 5.56 Å². The number of ether oxygens (including phenoxy) is 1. The molecule has 3 aliphatic rings. The first kappa shape index (κ1) is 25.9. The second-order valence-corrected chi connectivity index (χ2v) is 9.69. The van der Waals surface area contributed by atoms with Gasteiger partial charge in [0.1, 0.15) is 18.5 Å². The Morgan fingerprint density at radius 2 is 2.00 bits per heavy atom. The Bertz CT molecular complexity index is 1340. The number of nitrogens with one attached hydrogen (secondary N) is 2. The summed E-state index contributed by atoms with van der Waals surface area (Å²) in [5.74, 6) is -3.83. The quantitative estimate of drug-likeness (QED) is 0.430. The lowest BCUT2D eigenvalue weighted by molar-refractivity contribution is -0.148. The van der Waals surface area contributed by atoms with Gasteiger partial charge in [-0.1, -0.05) is 11.6 Å². The minimum atomic E-state index is -4.59. The highest BCUT2D eigenvalue weighted by atomic mass is 35.5. The van der Waals surface area contributed by atoms with Crippen LogP contribution in [0.15, 0.2) is 18.5 Å². The van der Waals surface area contributed by atoms with Crippen molar-refractivity contribution in [3.63, 3.8) is 0 Å². The third-order valence-electron chi connectivity index (χ3n) is 6.89. The maximum Gasteiger partial charge on any atom is 0.449 e. The number of halogens is 5. The van der Waals surface area contributed by atoms with Crippen LogP contribution in [-0.2, 0) is 33.7 Å². The molecule has 15 heteroatoms. The van der Waals surface area contributed by atoms with Crippen molar-refractivity contribution in [3.8, 4) is 0 Å². The van der Waals surface area contributed by atoms with E-state index in [2.05, 4.69) is 15.6 Å². The normalized spacial score (nSPS) is 23.1. The molecular formula is C23H20ClF4N5O5. The maximum absolute atomic E-state index is 15.3. The molecule has 5 rings (SSSR count). The van der Waals surface area contributed by atoms with E-state index >= 15 is 4.39 Å². The minimum Gasteiger partial charge on any atom is -0.445 e. The first-order chi connectivity index (χ1) is 17.9. The van der Waals surface area contributed by atoms with Crippen molar-refractivity contribution >= 4 is 35.4 Å². The summed E-state index contributed by atoms with van der Waals surface area (Å²) in [5, 5.41) is 4.71. The molecule has 0 radical (unpaired) electrons. The number of aromatic nitrogens is 2. The third-order valence-corrected chi connectivity index (χ3v) is 7.23. The Balaban J connectivity index is 1.19. The lowest BCUT2D eigenvalue weighted by Crippen LogP contribution is -2.52. The highest BCUT2D eigenvalue weighted by Gasteiger charge is 2.43. The Kier molecular flexibility index (Phi) is 6.53. The van der Waals surface area contributed by atoms with Crippen LogP contribution >= 0.6 is 11.6 Å². The lowest BCUT2D eigenvalue weighted by Gasteiger charge is -2.37. The molecule has 1 aromatic heterocycles. The van der Waals surface area contributed by atoms with E-state index in [9.17, 15) is 32.3 Å². The molecule has 1 saturated heterocycles. The van der Waals surface area contributed by atoms with Gasteiger partial charge in [-0.05, 0) is 25.3 Å². The van der Waals surface area contributed by atoms with Crippen LogP contribution in [0.1, 0.15) is 59.0 Å². The van der Waals surface area contributed by atoms with Crippen LogP contribution in [0.25, 0.3) is 0 Å². The van der Waals surface area contributed by atoms with E-state index in [1.807, 2.05) is 0 Å². The van der Waals surface area contributed by atoms with Crippen LogP contribution in [0, 0.1) is 5.82 Å². The van der Waals surface area contributed by atoms with Crippen molar-refractivity contribution in [1.82, 2.24) is 25.1 Å². The molecule has 0 spiro atoms. The second kappa shape index (κ2) is 9.57. The van der Waals surface area contributed by atoms with E-state index < -0.39 is 66.4 Å². The number of carbonyl (C=O) groups excluding carboxylic acids is 4. The topological polar surface area (TPSA) is 123 Å². The fourth-order valence-corrected chi connectivity index (χ4v) is 5.21. The van der Waals surface area contributed by atoms with Gasteiger partial charge in [0, 0.05) is 53.6 Å². The zero-order chi connectivity index (χ0) is 27.4. The van der Waals surface area contributed by atoms with Crippen molar-refractivity contribution in [1.29, 1.82) is 0 Å². The molecule has 2 aliphatic heterocycles. The van der Waals surface area contributed by atoms with Gasteiger partial charge in [0.2, 0.25) is 17.6 Å². The molecule has 38 heavy (non-hydrogen) atoms. The average Bonchev–Trinajstić information content (AvgIpc) is 3.43. The predicted molar refractivity (Wildman–Crippen MR) is 120 cm³/mol. The number of benzene rings is 1. The zero-order valence-electron chi connectivity index (χ0n) is 19.5. The summed E-state index contributed by atoms with van der Waals surface area (Å²) in [7, 11) is 0. The molecule has 1 atom stereocenters. The molecule has 2 fully saturated rings. The molecule has 2 aromatic rings. The number of rotatable bonds is 5. The van der Waals surface area contributed by atoms with E-state index in [0.29, 0.717) is 0 Å². The summed E-state index contributed by atoms with van der Waals surface area (Å²) in [5.41, 5.74) is -0.309. The monoisotopic (exact) mass is 557 g/mol. The minimum absolute atomic E-state index is 0.0362. The summed E-state index contributed by atoms with van der Waals surface area (Å²) in [6, 6.07) is -0.672. The number of nitrogens with zero attached hydrogens (tertiary/aromatic N) is 3. The molecular weight excluding hydrogens is 538 g/mol. The van der Waals surface area contributed by atoms with Gasteiger partial charge < -0.3 is 19.5 Å². The van der Waals surface area contributed by atoms with Gasteiger partial charge in [-0.15, -0.1) is 0 Å². The van der Waals surface area contributed by atoms with E-state index in [-0.39, 0.29) is 53.9 Å². The molecule has 1 saturated carbocycles. The number of alkyl halides is 3. The summed E-state index contributed by atoms with van der Waals surface area (Å²) in [4.78, 5) is 53.3. The van der Waals surface area contributed by atoms with Gasteiger partial charge in [0.25, 0.3) is 5.91 Å². The van der Waals surface area contributed by atoms with E-state index in [1.54, 1.807) is 0 Å². The van der Waals surface area contributed by atoms with Gasteiger partial charge in [-0.2, -0.15) is 13.2 Å². The van der Waals surface area contributed by atoms with Crippen LogP contribution in [0.2, 0.25) is 5.02 Å². The SMILES string of the molecule is O=C1CCC(N2Cc3c(Cl)cc(COC(=O)NC4CC(n5ccnc5C(F)(F)F)C4)c(F)c3C2=O)C(=O)N1. The summed E-state index contributed by atoms with van der Waals surface area (Å²) >= 11 is 6.27. The number of carbonyl (C=O) groups is 4. The zero-order valence-corrected chi connectivity index (χ0v) is 20.2. The fraction of sp³-hybridized carbons (Fsp3) is 0.435. The second-order valence-electron chi connectivity index (χ2n) is 9.28. The van der Waals surface area contributed by atoms with Crippen molar-refractivity contribution in [2.75, 3.05) is 0 Å². The van der Waals surface area contributed by atoms with Crippen LogP contribution in [0.4, 0.5) is 22.4 Å². The largest absolute Gasteiger partial charge is 0.449 e. The Morgan fingerprint density at radius 1 is 1.26 bits per heavy atom. The number of imidazole rings is 1. The molecule has 2 N–H and O–H groups in total. The van der Waals surface area contributed by atoms with Gasteiger partial charge >= 0.3 is 12.3 Å². The number of amides is 4. The van der Waals surface area contributed by atoms with Gasteiger partial charge in [-0.3, -0.25) is 19.7 Å². The third kappa shape index (κ3) is 4.68. The molecule has 0 bridgehead atoms. The molecule has 1 aliphatic carbocycles. The van der Waals surface area contributed by atoms with Gasteiger partial charge in [0.15, 0.2) is 0 Å². The summed E-state index contributed by atoms with van der Waals surface area (Å²) in [6.07, 6.45) is -2.65. The molecule has 1 unspecified atom stereocenters. The molecule has 3 heterocycles. The molecule has 1 aromatic carbocycles. The first-order valence-electron chi connectivity index (χ1n) is 11.6. The van der Waals surface area contributed by atoms with Gasteiger partial charge in [-0.25, -0.2) is 14.2 Å². The van der Waals surface area contributed by atoms with Crippen LogP contribution < -0.4 is 10.6 Å². The van der Waals surface area contributed by atoms with Crippen LogP contribution in [-0.4, -0.2) is 50.3 Å². The number of fused-ring (bicyclic) bond motifs is 1. The van der Waals surface area contributed by atoms with Crippen LogP contribution in [0.5, 0.6) is 0 Å². The standard InChI is InChI=1S/C23H20ClF4N5O5/c24-14-5-10(18(25)17-13(14)8-33(20(17)36)15-1-2-16(34)31-19(15)35)9-38-22(37)30-11-6-12(7-11)32-4-3-29-21(32)23(26,27)28/h3-5,11-12,15H,1-2,6-9H2,(H,30,37)(H,31,34,35). The Labute approximate surface area is 217 Å².